The number of nitrogens with one attached hydrogen (secondary N) is 1. The van der Waals surface area contributed by atoms with Gasteiger partial charge in [0.2, 0.25) is 0 Å². The zero-order valence-corrected chi connectivity index (χ0v) is 10.9. The van der Waals surface area contributed by atoms with Gasteiger partial charge in [-0.3, -0.25) is 9.78 Å². The Labute approximate surface area is 112 Å². The lowest BCUT2D eigenvalue weighted by Crippen LogP contribution is -2.02. The highest BCUT2D eigenvalue weighted by Gasteiger charge is 2.03. The van der Waals surface area contributed by atoms with E-state index in [4.69, 9.17) is 0 Å². The molecule has 4 nitrogen and oxygen atoms in total. The van der Waals surface area contributed by atoms with Gasteiger partial charge in [0.1, 0.15) is 5.82 Å². The highest BCUT2D eigenvalue weighted by molar-refractivity contribution is 6.04. The topological polar surface area (TPSA) is 54.9 Å². The van der Waals surface area contributed by atoms with Crippen molar-refractivity contribution in [2.45, 2.75) is 13.8 Å². The summed E-state index contributed by atoms with van der Waals surface area (Å²) < 4.78 is 0. The van der Waals surface area contributed by atoms with Gasteiger partial charge in [-0.2, -0.15) is 0 Å². The van der Waals surface area contributed by atoms with Crippen LogP contribution in [0.2, 0.25) is 0 Å². The molecule has 1 N–H and O–H groups in total. The Bertz CT molecular complexity index is 606. The van der Waals surface area contributed by atoms with Gasteiger partial charge in [-0.1, -0.05) is 0 Å². The minimum Gasteiger partial charge on any atom is -0.344 e. The molecule has 0 aliphatic rings. The van der Waals surface area contributed by atoms with E-state index in [9.17, 15) is 4.79 Å². The SMILES string of the molecule is CC(=CC(=O)c1cccnc1)Nc1cc(C)ccn1. The van der Waals surface area contributed by atoms with Crippen LogP contribution in [0, 0.1) is 6.92 Å². The second-order valence-electron chi connectivity index (χ2n) is 4.28. The summed E-state index contributed by atoms with van der Waals surface area (Å²) in [7, 11) is 0. The molecule has 96 valence electrons. The Morgan fingerprint density at radius 2 is 2.16 bits per heavy atom. The van der Waals surface area contributed by atoms with Crippen LogP contribution < -0.4 is 5.32 Å². The van der Waals surface area contributed by atoms with E-state index < -0.39 is 0 Å². The number of hydrogen-bond donors (Lipinski definition) is 1. The number of carbonyl (C=O) groups excluding carboxylic acids is 1. The molecule has 0 atom stereocenters. The second-order valence-corrected chi connectivity index (χ2v) is 4.28. The number of carbonyl (C=O) groups is 1. The highest BCUT2D eigenvalue weighted by atomic mass is 16.1. The van der Waals surface area contributed by atoms with Crippen molar-refractivity contribution in [2.24, 2.45) is 0 Å². The first-order chi connectivity index (χ1) is 9.15. The van der Waals surface area contributed by atoms with Crippen LogP contribution in [0.3, 0.4) is 0 Å². The van der Waals surface area contributed by atoms with Crippen LogP contribution in [-0.4, -0.2) is 15.8 Å². The van der Waals surface area contributed by atoms with Gasteiger partial charge in [0.05, 0.1) is 0 Å². The molecule has 2 rings (SSSR count). The first-order valence-corrected chi connectivity index (χ1v) is 5.97. The van der Waals surface area contributed by atoms with E-state index in [-0.39, 0.29) is 5.78 Å². The zero-order chi connectivity index (χ0) is 13.7. The normalized spacial score (nSPS) is 11.2. The number of allylic oxidation sites excluding steroid dienone is 2. The Morgan fingerprint density at radius 1 is 1.32 bits per heavy atom. The summed E-state index contributed by atoms with van der Waals surface area (Å²) in [5, 5.41) is 3.09. The largest absolute Gasteiger partial charge is 0.344 e. The molecule has 0 radical (unpaired) electrons. The van der Waals surface area contributed by atoms with Crippen LogP contribution in [0.25, 0.3) is 0 Å². The maximum atomic E-state index is 11.9. The summed E-state index contributed by atoms with van der Waals surface area (Å²) in [6.45, 7) is 3.82. The lowest BCUT2D eigenvalue weighted by Gasteiger charge is -2.06. The minimum absolute atomic E-state index is 0.0780. The monoisotopic (exact) mass is 253 g/mol. The van der Waals surface area contributed by atoms with Crippen LogP contribution in [0.4, 0.5) is 5.82 Å². The third-order valence-electron chi connectivity index (χ3n) is 2.53. The van der Waals surface area contributed by atoms with E-state index in [1.807, 2.05) is 26.0 Å². The van der Waals surface area contributed by atoms with Crippen molar-refractivity contribution in [3.63, 3.8) is 0 Å². The first kappa shape index (κ1) is 13.0. The van der Waals surface area contributed by atoms with E-state index in [1.165, 1.54) is 0 Å². The van der Waals surface area contributed by atoms with Crippen LogP contribution in [0.1, 0.15) is 22.8 Å². The lowest BCUT2D eigenvalue weighted by molar-refractivity contribution is 0.104. The Balaban J connectivity index is 2.09. The average Bonchev–Trinajstić information content (AvgIpc) is 2.39. The van der Waals surface area contributed by atoms with Gasteiger partial charge in [0, 0.05) is 35.9 Å². The van der Waals surface area contributed by atoms with Crippen molar-refractivity contribution in [3.8, 4) is 0 Å². The standard InChI is InChI=1S/C15H15N3O/c1-11-5-7-17-15(8-11)18-12(2)9-14(19)13-4-3-6-16-10-13/h3-10H,1-2H3,(H,17,18). The molecule has 0 saturated carbocycles. The number of aryl methyl sites for hydroxylation is 1. The van der Waals surface area contributed by atoms with Gasteiger partial charge in [-0.25, -0.2) is 4.98 Å². The molecule has 0 amide bonds. The molecule has 0 spiro atoms. The summed E-state index contributed by atoms with van der Waals surface area (Å²) in [5.74, 6) is 0.651. The Morgan fingerprint density at radius 3 is 2.84 bits per heavy atom. The van der Waals surface area contributed by atoms with Crippen LogP contribution >= 0.6 is 0 Å². The quantitative estimate of drug-likeness (QED) is 0.672. The molecule has 2 heterocycles. The third-order valence-corrected chi connectivity index (χ3v) is 2.53. The molecular weight excluding hydrogens is 238 g/mol. The number of anilines is 1. The lowest BCUT2D eigenvalue weighted by atomic mass is 10.1. The molecule has 0 aliphatic heterocycles. The van der Waals surface area contributed by atoms with Crippen LogP contribution in [0.5, 0.6) is 0 Å². The van der Waals surface area contributed by atoms with Crippen molar-refractivity contribution < 1.29 is 4.79 Å². The third kappa shape index (κ3) is 3.74. The van der Waals surface area contributed by atoms with Gasteiger partial charge in [0.15, 0.2) is 5.78 Å². The maximum absolute atomic E-state index is 11.9. The fraction of sp³-hybridized carbons (Fsp3) is 0.133. The minimum atomic E-state index is -0.0780. The maximum Gasteiger partial charge on any atom is 0.189 e. The molecule has 0 bridgehead atoms. The summed E-state index contributed by atoms with van der Waals surface area (Å²) in [5.41, 5.74) is 2.43. The fourth-order valence-corrected chi connectivity index (χ4v) is 1.63. The van der Waals surface area contributed by atoms with Crippen molar-refractivity contribution in [1.29, 1.82) is 0 Å². The Hall–Kier alpha value is -2.49. The molecule has 4 heteroatoms. The number of pyridine rings is 2. The van der Waals surface area contributed by atoms with Crippen LogP contribution in [0.15, 0.2) is 54.6 Å². The predicted octanol–water partition coefficient (Wildman–Crippen LogP) is 2.98. The molecule has 0 fully saturated rings. The first-order valence-electron chi connectivity index (χ1n) is 5.97. The predicted molar refractivity (Wildman–Crippen MR) is 74.9 cm³/mol. The molecule has 0 aliphatic carbocycles. The van der Waals surface area contributed by atoms with Gasteiger partial charge >= 0.3 is 0 Å². The van der Waals surface area contributed by atoms with Crippen molar-refractivity contribution >= 4 is 11.6 Å². The summed E-state index contributed by atoms with van der Waals surface area (Å²) in [4.78, 5) is 20.0. The van der Waals surface area contributed by atoms with Crippen molar-refractivity contribution in [2.75, 3.05) is 5.32 Å². The molecular formula is C15H15N3O. The molecule has 2 aromatic heterocycles. The van der Waals surface area contributed by atoms with Crippen molar-refractivity contribution in [3.05, 3.63) is 65.8 Å². The smallest absolute Gasteiger partial charge is 0.189 e. The van der Waals surface area contributed by atoms with Gasteiger partial charge in [-0.15, -0.1) is 0 Å². The zero-order valence-electron chi connectivity index (χ0n) is 10.9. The highest BCUT2D eigenvalue weighted by Crippen LogP contribution is 2.09. The van der Waals surface area contributed by atoms with Crippen molar-refractivity contribution in [1.82, 2.24) is 9.97 Å². The Kier molecular flexibility index (Phi) is 4.03. The van der Waals surface area contributed by atoms with Crippen LogP contribution in [-0.2, 0) is 0 Å². The number of aromatic nitrogens is 2. The van der Waals surface area contributed by atoms with Gasteiger partial charge in [-0.05, 0) is 43.7 Å². The second kappa shape index (κ2) is 5.91. The molecule has 0 saturated heterocycles. The molecule has 2 aromatic rings. The fourth-order valence-electron chi connectivity index (χ4n) is 1.63. The summed E-state index contributed by atoms with van der Waals surface area (Å²) >= 11 is 0. The molecule has 0 unspecified atom stereocenters. The number of hydrogen-bond acceptors (Lipinski definition) is 4. The van der Waals surface area contributed by atoms with E-state index in [1.54, 1.807) is 36.8 Å². The summed E-state index contributed by atoms with van der Waals surface area (Å²) in [6.07, 6.45) is 6.47. The number of rotatable bonds is 4. The van der Waals surface area contributed by atoms with Gasteiger partial charge < -0.3 is 5.32 Å². The molecule has 19 heavy (non-hydrogen) atoms. The van der Waals surface area contributed by atoms with E-state index in [0.29, 0.717) is 5.56 Å². The number of nitrogens with zero attached hydrogens (tertiary/aromatic N) is 2. The van der Waals surface area contributed by atoms with E-state index >= 15 is 0 Å². The molecule has 0 aromatic carbocycles. The number of ketones is 1. The average molecular weight is 253 g/mol. The van der Waals surface area contributed by atoms with Gasteiger partial charge in [0.25, 0.3) is 0 Å². The summed E-state index contributed by atoms with van der Waals surface area (Å²) in [6, 6.07) is 7.33. The van der Waals surface area contributed by atoms with E-state index in [2.05, 4.69) is 15.3 Å². The van der Waals surface area contributed by atoms with E-state index in [0.717, 1.165) is 17.1 Å².